The van der Waals surface area contributed by atoms with Gasteiger partial charge >= 0.3 is 0 Å². The van der Waals surface area contributed by atoms with E-state index in [1.54, 1.807) is 22.2 Å². The molecule has 0 N–H and O–H groups in total. The lowest BCUT2D eigenvalue weighted by atomic mass is 10.1. The number of piperidine rings is 1. The first kappa shape index (κ1) is 17.9. The van der Waals surface area contributed by atoms with Crippen LogP contribution in [0, 0.1) is 0 Å². The third kappa shape index (κ3) is 3.02. The van der Waals surface area contributed by atoms with Gasteiger partial charge in [0.1, 0.15) is 4.90 Å². The van der Waals surface area contributed by atoms with Crippen molar-refractivity contribution in [1.29, 1.82) is 0 Å². The van der Waals surface area contributed by atoms with Crippen LogP contribution in [-0.2, 0) is 21.2 Å². The third-order valence-corrected chi connectivity index (χ3v) is 7.41. The van der Waals surface area contributed by atoms with Gasteiger partial charge in [-0.15, -0.1) is 0 Å². The summed E-state index contributed by atoms with van der Waals surface area (Å²) in [5, 5.41) is 0. The Labute approximate surface area is 152 Å². The maximum atomic E-state index is 13.3. The molecule has 0 bridgehead atoms. The summed E-state index contributed by atoms with van der Waals surface area (Å²) in [5.41, 5.74) is 1.51. The topological polar surface area (TPSA) is 57.7 Å². The Morgan fingerprint density at radius 1 is 1.29 bits per heavy atom. The predicted molar refractivity (Wildman–Crippen MR) is 97.7 cm³/mol. The second-order valence-electron chi connectivity index (χ2n) is 6.52. The van der Waals surface area contributed by atoms with E-state index >= 15 is 0 Å². The zero-order chi connectivity index (χ0) is 17.5. The van der Waals surface area contributed by atoms with Crippen LogP contribution in [0.5, 0.6) is 0 Å². The van der Waals surface area contributed by atoms with Gasteiger partial charge in [-0.1, -0.05) is 29.3 Å². The Morgan fingerprint density at radius 2 is 2.04 bits per heavy atom. The molecule has 0 aromatic heterocycles. The molecular formula is C17H23BrN2O3S. The first-order valence-electron chi connectivity index (χ1n) is 8.51. The molecule has 5 nitrogen and oxygen atoms in total. The van der Waals surface area contributed by atoms with Crippen molar-refractivity contribution >= 4 is 37.5 Å². The highest BCUT2D eigenvalue weighted by Gasteiger charge is 2.37. The van der Waals surface area contributed by atoms with E-state index in [0.717, 1.165) is 29.3 Å². The molecule has 0 saturated carbocycles. The molecular weight excluding hydrogens is 392 g/mol. The Bertz CT molecular complexity index is 763. The number of fused-ring (bicyclic) bond motifs is 1. The van der Waals surface area contributed by atoms with Gasteiger partial charge in [0.15, 0.2) is 0 Å². The summed E-state index contributed by atoms with van der Waals surface area (Å²) >= 11 is 3.43. The van der Waals surface area contributed by atoms with Crippen LogP contribution in [0.4, 0.5) is 5.69 Å². The van der Waals surface area contributed by atoms with Crippen LogP contribution in [0.15, 0.2) is 21.5 Å². The van der Waals surface area contributed by atoms with Crippen molar-refractivity contribution in [3.05, 3.63) is 22.2 Å². The van der Waals surface area contributed by atoms with Gasteiger partial charge in [-0.3, -0.25) is 4.79 Å². The molecule has 1 unspecified atom stereocenters. The van der Waals surface area contributed by atoms with Crippen molar-refractivity contribution in [2.75, 3.05) is 18.0 Å². The fourth-order valence-corrected chi connectivity index (χ4v) is 6.28. The summed E-state index contributed by atoms with van der Waals surface area (Å²) < 4.78 is 29.0. The number of hydrogen-bond donors (Lipinski definition) is 0. The fraction of sp³-hybridized carbons (Fsp3) is 0.588. The van der Waals surface area contributed by atoms with E-state index in [1.165, 1.54) is 0 Å². The number of amides is 1. The molecule has 0 aliphatic carbocycles. The van der Waals surface area contributed by atoms with Crippen molar-refractivity contribution in [3.8, 4) is 0 Å². The summed E-state index contributed by atoms with van der Waals surface area (Å²) in [6.45, 7) is 4.87. The fourth-order valence-electron chi connectivity index (χ4n) is 3.66. The monoisotopic (exact) mass is 414 g/mol. The second kappa shape index (κ2) is 6.77. The first-order chi connectivity index (χ1) is 11.4. The quantitative estimate of drug-likeness (QED) is 0.761. The maximum Gasteiger partial charge on any atom is 0.245 e. The van der Waals surface area contributed by atoms with E-state index in [9.17, 15) is 13.2 Å². The van der Waals surface area contributed by atoms with Gasteiger partial charge in [0.25, 0.3) is 0 Å². The summed E-state index contributed by atoms with van der Waals surface area (Å²) in [6, 6.07) is 3.57. The molecule has 2 aliphatic heterocycles. The standard InChI is InChI=1S/C17H23BrN2O3S/c1-3-16(21)19-9-7-13-10-14(18)11-15(17(13)19)24(22,23)20-8-5-4-6-12(20)2/h10-12H,3-9H2,1-2H3. The van der Waals surface area contributed by atoms with E-state index in [2.05, 4.69) is 15.9 Å². The summed E-state index contributed by atoms with van der Waals surface area (Å²) in [5.74, 6) is -0.0285. The minimum atomic E-state index is -3.62. The van der Waals surface area contributed by atoms with Gasteiger partial charge < -0.3 is 4.90 Å². The largest absolute Gasteiger partial charge is 0.310 e. The second-order valence-corrected chi connectivity index (χ2v) is 9.30. The molecule has 24 heavy (non-hydrogen) atoms. The van der Waals surface area contributed by atoms with Crippen molar-refractivity contribution in [2.45, 2.75) is 56.9 Å². The summed E-state index contributed by atoms with van der Waals surface area (Å²) in [6.07, 6.45) is 3.89. The van der Waals surface area contributed by atoms with Gasteiger partial charge in [0.2, 0.25) is 15.9 Å². The lowest BCUT2D eigenvalue weighted by molar-refractivity contribution is -0.118. The predicted octanol–water partition coefficient (Wildman–Crippen LogP) is 3.31. The van der Waals surface area contributed by atoms with Crippen LogP contribution in [-0.4, -0.2) is 37.8 Å². The molecule has 132 valence electrons. The smallest absolute Gasteiger partial charge is 0.245 e. The molecule has 0 radical (unpaired) electrons. The normalized spacial score (nSPS) is 21.8. The van der Waals surface area contributed by atoms with E-state index < -0.39 is 10.0 Å². The number of halogens is 1. The van der Waals surface area contributed by atoms with E-state index in [1.807, 2.05) is 13.0 Å². The molecule has 3 rings (SSSR count). The lowest BCUT2D eigenvalue weighted by Crippen LogP contribution is -2.42. The van der Waals surface area contributed by atoms with Gasteiger partial charge in [0.05, 0.1) is 5.69 Å². The average Bonchev–Trinajstić information content (AvgIpc) is 2.97. The Morgan fingerprint density at radius 3 is 2.71 bits per heavy atom. The van der Waals surface area contributed by atoms with Crippen molar-refractivity contribution in [1.82, 2.24) is 4.31 Å². The van der Waals surface area contributed by atoms with Crippen LogP contribution in [0.3, 0.4) is 0 Å². The van der Waals surface area contributed by atoms with Crippen molar-refractivity contribution in [2.24, 2.45) is 0 Å². The molecule has 1 amide bonds. The van der Waals surface area contributed by atoms with Crippen molar-refractivity contribution < 1.29 is 13.2 Å². The number of carbonyl (C=O) groups is 1. The van der Waals surface area contributed by atoms with Crippen LogP contribution in [0.2, 0.25) is 0 Å². The molecule has 2 heterocycles. The Balaban J connectivity index is 2.13. The summed E-state index contributed by atoms with van der Waals surface area (Å²) in [4.78, 5) is 14.2. The van der Waals surface area contributed by atoms with Crippen LogP contribution in [0.25, 0.3) is 0 Å². The van der Waals surface area contributed by atoms with E-state index in [4.69, 9.17) is 0 Å². The molecule has 1 aromatic rings. The molecule has 2 aliphatic rings. The third-order valence-electron chi connectivity index (χ3n) is 4.93. The number of benzene rings is 1. The highest BCUT2D eigenvalue weighted by Crippen LogP contribution is 2.40. The summed E-state index contributed by atoms with van der Waals surface area (Å²) in [7, 11) is -3.62. The zero-order valence-electron chi connectivity index (χ0n) is 14.1. The van der Waals surface area contributed by atoms with Crippen molar-refractivity contribution in [3.63, 3.8) is 0 Å². The number of nitrogens with zero attached hydrogens (tertiary/aromatic N) is 2. The highest BCUT2D eigenvalue weighted by atomic mass is 79.9. The number of hydrogen-bond acceptors (Lipinski definition) is 3. The number of rotatable bonds is 3. The van der Waals surface area contributed by atoms with Crippen LogP contribution < -0.4 is 4.90 Å². The minimum absolute atomic E-state index is 0.00453. The first-order valence-corrected chi connectivity index (χ1v) is 10.7. The number of anilines is 1. The zero-order valence-corrected chi connectivity index (χ0v) is 16.5. The van der Waals surface area contributed by atoms with Gasteiger partial charge in [0, 0.05) is 30.0 Å². The molecule has 0 spiro atoms. The number of sulfonamides is 1. The maximum absolute atomic E-state index is 13.3. The van der Waals surface area contributed by atoms with Gasteiger partial charge in [-0.2, -0.15) is 4.31 Å². The molecule has 1 saturated heterocycles. The van der Waals surface area contributed by atoms with E-state index in [0.29, 0.717) is 31.6 Å². The molecule has 1 fully saturated rings. The minimum Gasteiger partial charge on any atom is -0.310 e. The van der Waals surface area contributed by atoms with Gasteiger partial charge in [-0.05, 0) is 43.9 Å². The molecule has 1 aromatic carbocycles. The average molecular weight is 415 g/mol. The lowest BCUT2D eigenvalue weighted by Gasteiger charge is -2.33. The Kier molecular flexibility index (Phi) is 5.04. The number of carbonyl (C=O) groups excluding carboxylic acids is 1. The van der Waals surface area contributed by atoms with E-state index in [-0.39, 0.29) is 16.8 Å². The van der Waals surface area contributed by atoms with Gasteiger partial charge in [-0.25, -0.2) is 8.42 Å². The van der Waals surface area contributed by atoms with Crippen LogP contribution >= 0.6 is 15.9 Å². The highest BCUT2D eigenvalue weighted by molar-refractivity contribution is 9.10. The molecule has 1 atom stereocenters. The SMILES string of the molecule is CCC(=O)N1CCc2cc(Br)cc(S(=O)(=O)N3CCCCC3C)c21. The Hall–Kier alpha value is -0.920. The molecule has 7 heteroatoms. The van der Waals surface area contributed by atoms with Crippen LogP contribution in [0.1, 0.15) is 45.1 Å².